The highest BCUT2D eigenvalue weighted by Gasteiger charge is 2.32. The van der Waals surface area contributed by atoms with E-state index >= 15 is 0 Å². The molecule has 1 aliphatic heterocycles. The average Bonchev–Trinajstić information content (AvgIpc) is 2.38. The third-order valence-corrected chi connectivity index (χ3v) is 4.14. The number of benzene rings is 1. The van der Waals surface area contributed by atoms with Crippen molar-refractivity contribution >= 4 is 33.2 Å². The molecule has 1 aromatic carbocycles. The number of halogens is 5. The van der Waals surface area contributed by atoms with Crippen molar-refractivity contribution in [1.29, 1.82) is 0 Å². The van der Waals surface area contributed by atoms with Crippen LogP contribution in [0.15, 0.2) is 18.2 Å². The lowest BCUT2D eigenvalue weighted by Gasteiger charge is -2.37. The number of rotatable bonds is 3. The van der Waals surface area contributed by atoms with Crippen LogP contribution in [0.5, 0.6) is 0 Å². The molecule has 7 heteroatoms. The van der Waals surface area contributed by atoms with Gasteiger partial charge in [0.1, 0.15) is 0 Å². The number of anilines is 1. The van der Waals surface area contributed by atoms with Gasteiger partial charge in [0.25, 0.3) is 0 Å². The molecule has 0 atom stereocenters. The Kier molecular flexibility index (Phi) is 5.20. The van der Waals surface area contributed by atoms with Crippen LogP contribution in [0.1, 0.15) is 5.56 Å². The molecule has 1 aromatic rings. The van der Waals surface area contributed by atoms with Crippen LogP contribution in [-0.4, -0.2) is 43.8 Å². The molecule has 0 bridgehead atoms. The van der Waals surface area contributed by atoms with Crippen LogP contribution >= 0.6 is 27.5 Å². The predicted octanol–water partition coefficient (Wildman–Crippen LogP) is 3.92. The number of hydrogen-bond acceptors (Lipinski definition) is 2. The van der Waals surface area contributed by atoms with Crippen molar-refractivity contribution in [2.45, 2.75) is 11.5 Å². The van der Waals surface area contributed by atoms with E-state index in [1.165, 1.54) is 4.90 Å². The maximum atomic E-state index is 12.3. The van der Waals surface area contributed by atoms with Crippen LogP contribution in [0.3, 0.4) is 0 Å². The normalized spacial score (nSPS) is 17.6. The van der Waals surface area contributed by atoms with E-state index in [0.717, 1.165) is 11.3 Å². The molecule has 0 radical (unpaired) electrons. The molecule has 1 saturated heterocycles. The zero-order chi connectivity index (χ0) is 14.8. The van der Waals surface area contributed by atoms with Gasteiger partial charge in [-0.3, -0.25) is 4.90 Å². The number of hydrogen-bond donors (Lipinski definition) is 0. The number of alkyl halides is 4. The Labute approximate surface area is 129 Å². The van der Waals surface area contributed by atoms with Crippen LogP contribution in [-0.2, 0) is 5.33 Å². The molecule has 0 aliphatic carbocycles. The fraction of sp³-hybridized carbons (Fsp3) is 0.538. The standard InChI is InChI=1S/C13H15BrClF3N2/c14-8-10-7-11(15)1-2-12(10)20-5-3-19(4-6-20)9-13(16,17)18/h1-2,7H,3-6,8-9H2. The first-order valence-electron chi connectivity index (χ1n) is 6.27. The first-order chi connectivity index (χ1) is 9.39. The molecule has 20 heavy (non-hydrogen) atoms. The zero-order valence-corrected chi connectivity index (χ0v) is 13.1. The Bertz CT molecular complexity index is 459. The molecule has 0 saturated carbocycles. The van der Waals surface area contributed by atoms with E-state index < -0.39 is 12.7 Å². The van der Waals surface area contributed by atoms with E-state index in [9.17, 15) is 13.2 Å². The fourth-order valence-corrected chi connectivity index (χ4v) is 3.01. The summed E-state index contributed by atoms with van der Waals surface area (Å²) in [5, 5.41) is 1.34. The Hall–Kier alpha value is -0.460. The third kappa shape index (κ3) is 4.27. The van der Waals surface area contributed by atoms with E-state index in [0.29, 0.717) is 36.5 Å². The van der Waals surface area contributed by atoms with Crippen LogP contribution in [0.2, 0.25) is 5.02 Å². The smallest absolute Gasteiger partial charge is 0.369 e. The van der Waals surface area contributed by atoms with Crippen LogP contribution in [0.25, 0.3) is 0 Å². The highest BCUT2D eigenvalue weighted by atomic mass is 79.9. The van der Waals surface area contributed by atoms with Crippen molar-refractivity contribution in [2.24, 2.45) is 0 Å². The van der Waals surface area contributed by atoms with Gasteiger partial charge in [-0.15, -0.1) is 0 Å². The number of nitrogens with zero attached hydrogens (tertiary/aromatic N) is 2. The van der Waals surface area contributed by atoms with Crippen molar-refractivity contribution in [3.8, 4) is 0 Å². The van der Waals surface area contributed by atoms with Crippen LogP contribution in [0, 0.1) is 0 Å². The second kappa shape index (κ2) is 6.54. The summed E-state index contributed by atoms with van der Waals surface area (Å²) in [7, 11) is 0. The first-order valence-corrected chi connectivity index (χ1v) is 7.77. The van der Waals surface area contributed by atoms with E-state index in [2.05, 4.69) is 20.8 Å². The third-order valence-electron chi connectivity index (χ3n) is 3.30. The van der Waals surface area contributed by atoms with E-state index in [1.807, 2.05) is 18.2 Å². The lowest BCUT2D eigenvalue weighted by molar-refractivity contribution is -0.146. The summed E-state index contributed by atoms with van der Waals surface area (Å²) < 4.78 is 37.0. The van der Waals surface area contributed by atoms with Gasteiger partial charge in [-0.25, -0.2) is 0 Å². The zero-order valence-electron chi connectivity index (χ0n) is 10.8. The maximum absolute atomic E-state index is 12.3. The van der Waals surface area contributed by atoms with E-state index in [1.54, 1.807) is 0 Å². The minimum absolute atomic E-state index is 0.420. The minimum atomic E-state index is -4.12. The molecule has 0 amide bonds. The van der Waals surface area contributed by atoms with E-state index in [4.69, 9.17) is 11.6 Å². The summed E-state index contributed by atoms with van der Waals surface area (Å²) in [6, 6.07) is 5.62. The minimum Gasteiger partial charge on any atom is -0.369 e. The van der Waals surface area contributed by atoms with Gasteiger partial charge in [-0.05, 0) is 23.8 Å². The van der Waals surface area contributed by atoms with Gasteiger partial charge in [0.15, 0.2) is 0 Å². The van der Waals surface area contributed by atoms with Gasteiger partial charge in [0.2, 0.25) is 0 Å². The molecule has 2 nitrogen and oxygen atoms in total. The molecule has 112 valence electrons. The molecule has 1 fully saturated rings. The summed E-state index contributed by atoms with van der Waals surface area (Å²) >= 11 is 9.37. The molecule has 2 rings (SSSR count). The highest BCUT2D eigenvalue weighted by Crippen LogP contribution is 2.27. The fourth-order valence-electron chi connectivity index (χ4n) is 2.37. The highest BCUT2D eigenvalue weighted by molar-refractivity contribution is 9.08. The Morgan fingerprint density at radius 3 is 2.35 bits per heavy atom. The second-order valence-electron chi connectivity index (χ2n) is 4.79. The molecular formula is C13H15BrClF3N2. The Morgan fingerprint density at radius 2 is 1.80 bits per heavy atom. The topological polar surface area (TPSA) is 6.48 Å². The van der Waals surface area contributed by atoms with Gasteiger partial charge in [-0.1, -0.05) is 27.5 Å². The Morgan fingerprint density at radius 1 is 1.15 bits per heavy atom. The monoisotopic (exact) mass is 370 g/mol. The van der Waals surface area contributed by atoms with Crippen LogP contribution < -0.4 is 4.90 Å². The molecule has 1 heterocycles. The van der Waals surface area contributed by atoms with Crippen molar-refractivity contribution in [3.63, 3.8) is 0 Å². The van der Waals surface area contributed by atoms with Gasteiger partial charge in [-0.2, -0.15) is 13.2 Å². The second-order valence-corrected chi connectivity index (χ2v) is 5.78. The van der Waals surface area contributed by atoms with E-state index in [-0.39, 0.29) is 0 Å². The summed E-state index contributed by atoms with van der Waals surface area (Å²) in [5.74, 6) is 0. The van der Waals surface area contributed by atoms with Crippen LogP contribution in [0.4, 0.5) is 18.9 Å². The largest absolute Gasteiger partial charge is 0.401 e. The van der Waals surface area contributed by atoms with Gasteiger partial charge in [0.05, 0.1) is 6.54 Å². The van der Waals surface area contributed by atoms with Gasteiger partial charge >= 0.3 is 6.18 Å². The molecule has 1 aliphatic rings. The van der Waals surface area contributed by atoms with Gasteiger partial charge in [0, 0.05) is 42.2 Å². The molecule has 0 aromatic heterocycles. The summed E-state index contributed by atoms with van der Waals surface area (Å²) in [5.41, 5.74) is 2.10. The lowest BCUT2D eigenvalue weighted by atomic mass is 10.1. The summed E-state index contributed by atoms with van der Waals surface area (Å²) in [4.78, 5) is 3.56. The van der Waals surface area contributed by atoms with Gasteiger partial charge < -0.3 is 4.90 Å². The lowest BCUT2D eigenvalue weighted by Crippen LogP contribution is -2.49. The summed E-state index contributed by atoms with van der Waals surface area (Å²) in [6.45, 7) is 1.20. The molecular weight excluding hydrogens is 357 g/mol. The van der Waals surface area contributed by atoms with Crippen molar-refractivity contribution in [1.82, 2.24) is 4.90 Å². The summed E-state index contributed by atoms with van der Waals surface area (Å²) in [6.07, 6.45) is -4.12. The average molecular weight is 372 g/mol. The van der Waals surface area contributed by atoms with Crippen molar-refractivity contribution in [2.75, 3.05) is 37.6 Å². The van der Waals surface area contributed by atoms with Crippen molar-refractivity contribution < 1.29 is 13.2 Å². The molecule has 0 unspecified atom stereocenters. The Balaban J connectivity index is 2.00. The SMILES string of the molecule is FC(F)(F)CN1CCN(c2ccc(Cl)cc2CBr)CC1. The van der Waals surface area contributed by atoms with Crippen molar-refractivity contribution in [3.05, 3.63) is 28.8 Å². The maximum Gasteiger partial charge on any atom is 0.401 e. The molecule has 0 spiro atoms. The quantitative estimate of drug-likeness (QED) is 0.743. The number of piperazine rings is 1. The first kappa shape index (κ1) is 15.9. The molecule has 0 N–H and O–H groups in total. The predicted molar refractivity (Wildman–Crippen MR) is 78.8 cm³/mol.